The van der Waals surface area contributed by atoms with E-state index in [9.17, 15) is 4.39 Å². The predicted octanol–water partition coefficient (Wildman–Crippen LogP) is 3.53. The molecule has 1 aromatic carbocycles. The van der Waals surface area contributed by atoms with Crippen molar-refractivity contribution in [2.75, 3.05) is 13.8 Å². The monoisotopic (exact) mass is 246 g/mol. The van der Waals surface area contributed by atoms with Crippen LogP contribution >= 0.6 is 15.9 Å². The van der Waals surface area contributed by atoms with Gasteiger partial charge in [-0.25, -0.2) is 0 Å². The molecule has 1 unspecified atom stereocenters. The lowest BCUT2D eigenvalue weighted by Gasteiger charge is -2.09. The summed E-state index contributed by atoms with van der Waals surface area (Å²) in [5.41, 5.74) is 0.953. The van der Waals surface area contributed by atoms with E-state index in [0.717, 1.165) is 15.8 Å². The van der Waals surface area contributed by atoms with Crippen molar-refractivity contribution >= 4 is 15.9 Å². The zero-order valence-corrected chi connectivity index (χ0v) is 9.27. The predicted molar refractivity (Wildman–Crippen MR) is 55.1 cm³/mol. The molecule has 3 heteroatoms. The van der Waals surface area contributed by atoms with Crippen LogP contribution in [0.1, 0.15) is 18.4 Å². The fraction of sp³-hybridized carbons (Fsp3) is 0.400. The van der Waals surface area contributed by atoms with E-state index in [4.69, 9.17) is 4.74 Å². The maximum Gasteiger partial charge on any atom is 0.120 e. The molecule has 0 heterocycles. The second-order valence-corrected chi connectivity index (χ2v) is 3.90. The van der Waals surface area contributed by atoms with Crippen molar-refractivity contribution in [3.05, 3.63) is 28.2 Å². The quantitative estimate of drug-likeness (QED) is 0.793. The third-order valence-electron chi connectivity index (χ3n) is 1.93. The van der Waals surface area contributed by atoms with E-state index in [-0.39, 0.29) is 12.6 Å². The summed E-state index contributed by atoms with van der Waals surface area (Å²) in [5, 5.41) is 0. The number of hydrogen-bond donors (Lipinski definition) is 0. The molecule has 0 saturated heterocycles. The van der Waals surface area contributed by atoms with Gasteiger partial charge in [0.15, 0.2) is 0 Å². The minimum absolute atomic E-state index is 0.0774. The normalized spacial score (nSPS) is 12.6. The number of alkyl halides is 1. The van der Waals surface area contributed by atoms with Crippen molar-refractivity contribution in [1.29, 1.82) is 0 Å². The molecule has 1 rings (SSSR count). The molecule has 0 fully saturated rings. The lowest BCUT2D eigenvalue weighted by atomic mass is 10.0. The summed E-state index contributed by atoms with van der Waals surface area (Å²) in [6.45, 7) is 1.50. The number of ether oxygens (including phenoxy) is 1. The van der Waals surface area contributed by atoms with Crippen molar-refractivity contribution in [3.8, 4) is 5.75 Å². The lowest BCUT2D eigenvalue weighted by Crippen LogP contribution is -1.96. The molecule has 0 radical (unpaired) electrons. The van der Waals surface area contributed by atoms with E-state index in [1.54, 1.807) is 7.11 Å². The smallest absolute Gasteiger partial charge is 0.120 e. The number of rotatable bonds is 3. The summed E-state index contributed by atoms with van der Waals surface area (Å²) in [6.07, 6.45) is 0. The van der Waals surface area contributed by atoms with Crippen molar-refractivity contribution in [2.45, 2.75) is 12.8 Å². The van der Waals surface area contributed by atoms with Crippen LogP contribution in [0.15, 0.2) is 22.7 Å². The standard InChI is InChI=1S/C10H12BrFO/c1-7(6-12)8-3-9(11)5-10(4-8)13-2/h3-5,7H,6H2,1-2H3. The Hall–Kier alpha value is -0.570. The highest BCUT2D eigenvalue weighted by Gasteiger charge is 2.07. The number of methoxy groups -OCH3 is 1. The summed E-state index contributed by atoms with van der Waals surface area (Å²) in [6, 6.07) is 5.62. The Morgan fingerprint density at radius 3 is 2.69 bits per heavy atom. The average Bonchev–Trinajstić information content (AvgIpc) is 2.15. The highest BCUT2D eigenvalue weighted by molar-refractivity contribution is 9.10. The van der Waals surface area contributed by atoms with Crippen LogP contribution in [0.25, 0.3) is 0 Å². The molecule has 0 aromatic heterocycles. The van der Waals surface area contributed by atoms with E-state index < -0.39 is 0 Å². The SMILES string of the molecule is COc1cc(Br)cc(C(C)CF)c1. The molecule has 0 N–H and O–H groups in total. The molecule has 0 aliphatic rings. The van der Waals surface area contributed by atoms with Gasteiger partial charge in [-0.15, -0.1) is 0 Å². The molecule has 0 amide bonds. The summed E-state index contributed by atoms with van der Waals surface area (Å²) >= 11 is 3.35. The largest absolute Gasteiger partial charge is 0.497 e. The van der Waals surface area contributed by atoms with Crippen LogP contribution in [0.4, 0.5) is 4.39 Å². The Balaban J connectivity index is 3.01. The van der Waals surface area contributed by atoms with E-state index in [1.165, 1.54) is 0 Å². The lowest BCUT2D eigenvalue weighted by molar-refractivity contribution is 0.411. The van der Waals surface area contributed by atoms with Gasteiger partial charge >= 0.3 is 0 Å². The molecule has 1 nitrogen and oxygen atoms in total. The van der Waals surface area contributed by atoms with Crippen molar-refractivity contribution in [3.63, 3.8) is 0 Å². The molecule has 13 heavy (non-hydrogen) atoms. The van der Waals surface area contributed by atoms with E-state index >= 15 is 0 Å². The maximum atomic E-state index is 12.4. The van der Waals surface area contributed by atoms with Gasteiger partial charge in [0.1, 0.15) is 5.75 Å². The number of hydrogen-bond acceptors (Lipinski definition) is 1. The zero-order valence-electron chi connectivity index (χ0n) is 7.68. The first-order valence-corrected chi connectivity index (χ1v) is 4.87. The van der Waals surface area contributed by atoms with Crippen molar-refractivity contribution in [1.82, 2.24) is 0 Å². The molecule has 0 spiro atoms. The van der Waals surface area contributed by atoms with Gasteiger partial charge in [-0.3, -0.25) is 4.39 Å². The molecule has 72 valence electrons. The zero-order chi connectivity index (χ0) is 9.84. The molecular weight excluding hydrogens is 235 g/mol. The van der Waals surface area contributed by atoms with Crippen LogP contribution in [0, 0.1) is 0 Å². The minimum atomic E-state index is -0.348. The molecular formula is C10H12BrFO. The van der Waals surface area contributed by atoms with Gasteiger partial charge in [-0.1, -0.05) is 22.9 Å². The Morgan fingerprint density at radius 2 is 2.15 bits per heavy atom. The molecule has 1 aromatic rings. The Kier molecular flexibility index (Phi) is 3.72. The Labute approximate surface area is 86.0 Å². The van der Waals surface area contributed by atoms with Crippen LogP contribution in [0.2, 0.25) is 0 Å². The average molecular weight is 247 g/mol. The topological polar surface area (TPSA) is 9.23 Å². The highest BCUT2D eigenvalue weighted by atomic mass is 79.9. The van der Waals surface area contributed by atoms with Gasteiger partial charge in [0.05, 0.1) is 13.8 Å². The minimum Gasteiger partial charge on any atom is -0.497 e. The van der Waals surface area contributed by atoms with Gasteiger partial charge in [0.2, 0.25) is 0 Å². The summed E-state index contributed by atoms with van der Waals surface area (Å²) in [5.74, 6) is 0.677. The third kappa shape index (κ3) is 2.69. The van der Waals surface area contributed by atoms with Gasteiger partial charge in [-0.2, -0.15) is 0 Å². The van der Waals surface area contributed by atoms with E-state index in [0.29, 0.717) is 0 Å². The van der Waals surface area contributed by atoms with Crippen molar-refractivity contribution < 1.29 is 9.13 Å². The van der Waals surface area contributed by atoms with Gasteiger partial charge < -0.3 is 4.74 Å². The van der Waals surface area contributed by atoms with Crippen LogP contribution in [0.3, 0.4) is 0 Å². The molecule has 0 aliphatic heterocycles. The molecule has 0 aliphatic carbocycles. The molecule has 1 atom stereocenters. The first-order chi connectivity index (χ1) is 6.17. The Morgan fingerprint density at radius 1 is 1.46 bits per heavy atom. The Bertz CT molecular complexity index is 288. The first kappa shape index (κ1) is 10.5. The summed E-state index contributed by atoms with van der Waals surface area (Å²) < 4.78 is 18.4. The maximum absolute atomic E-state index is 12.4. The van der Waals surface area contributed by atoms with Gasteiger partial charge in [0.25, 0.3) is 0 Å². The fourth-order valence-electron chi connectivity index (χ4n) is 1.08. The first-order valence-electron chi connectivity index (χ1n) is 4.07. The summed E-state index contributed by atoms with van der Waals surface area (Å²) in [7, 11) is 1.60. The van der Waals surface area contributed by atoms with Crippen LogP contribution in [-0.4, -0.2) is 13.8 Å². The number of benzene rings is 1. The van der Waals surface area contributed by atoms with Crippen LogP contribution in [0.5, 0.6) is 5.75 Å². The van der Waals surface area contributed by atoms with Gasteiger partial charge in [0, 0.05) is 10.4 Å². The third-order valence-corrected chi connectivity index (χ3v) is 2.39. The second kappa shape index (κ2) is 4.61. The molecule has 0 bridgehead atoms. The van der Waals surface area contributed by atoms with Crippen LogP contribution < -0.4 is 4.74 Å². The van der Waals surface area contributed by atoms with Crippen molar-refractivity contribution in [2.24, 2.45) is 0 Å². The highest BCUT2D eigenvalue weighted by Crippen LogP contribution is 2.26. The second-order valence-electron chi connectivity index (χ2n) is 2.98. The van der Waals surface area contributed by atoms with Crippen LogP contribution in [-0.2, 0) is 0 Å². The van der Waals surface area contributed by atoms with E-state index in [2.05, 4.69) is 15.9 Å². The molecule has 0 saturated carbocycles. The number of halogens is 2. The van der Waals surface area contributed by atoms with E-state index in [1.807, 2.05) is 25.1 Å². The fourth-order valence-corrected chi connectivity index (χ4v) is 1.57. The van der Waals surface area contributed by atoms with Gasteiger partial charge in [-0.05, 0) is 23.8 Å². The summed E-state index contributed by atoms with van der Waals surface area (Å²) in [4.78, 5) is 0.